The molecule has 216 valence electrons. The molecule has 0 radical (unpaired) electrons. The predicted octanol–water partition coefficient (Wildman–Crippen LogP) is 4.69. The molecule has 11 heteroatoms. The first kappa shape index (κ1) is 30.4. The van der Waals surface area contributed by atoms with Crippen LogP contribution in [-0.4, -0.2) is 49.6 Å². The summed E-state index contributed by atoms with van der Waals surface area (Å²) in [5, 5.41) is 11.6. The van der Waals surface area contributed by atoms with Gasteiger partial charge in [0.1, 0.15) is 11.9 Å². The Hall–Kier alpha value is -1.55. The number of hydrogen-bond acceptors (Lipinski definition) is 8. The van der Waals surface area contributed by atoms with Crippen LogP contribution in [0.4, 0.5) is 0 Å². The van der Waals surface area contributed by atoms with Gasteiger partial charge in [-0.25, -0.2) is 4.57 Å². The third-order valence-corrected chi connectivity index (χ3v) is 11.5. The average molecular weight is 582 g/mol. The zero-order valence-corrected chi connectivity index (χ0v) is 24.7. The van der Waals surface area contributed by atoms with Crippen molar-refractivity contribution in [1.29, 1.82) is 0 Å². The highest BCUT2D eigenvalue weighted by Crippen LogP contribution is 2.68. The standard InChI is InChI=1S/C28H40NO8PS/c1-6-26(4)12-22(37-23(31)16-39-20-11-19(13-29-14-20)15-36-38(33,34)35)27(5)17(2)7-9-28(18(3)25(26)32)10-8-21(30)24(27)28/h6,11,13-14,17-18,22,24-25,32H,1,7-10,12,15-16H2,2-5H3,(H2,33,34,35)/t17-,18+,22-,24+,25+,26-,27+,28+/m1/s1. The monoisotopic (exact) mass is 581 g/mol. The summed E-state index contributed by atoms with van der Waals surface area (Å²) in [4.78, 5) is 49.3. The molecular formula is C28H40NO8PS. The quantitative estimate of drug-likeness (QED) is 0.171. The normalized spacial score (nSPS) is 38.4. The summed E-state index contributed by atoms with van der Waals surface area (Å²) in [7, 11) is -4.62. The Bertz CT molecular complexity index is 1170. The number of ether oxygens (including phenoxy) is 1. The Kier molecular flexibility index (Phi) is 8.60. The number of rotatable bonds is 8. The van der Waals surface area contributed by atoms with Crippen LogP contribution in [0.5, 0.6) is 0 Å². The van der Waals surface area contributed by atoms with Gasteiger partial charge in [0.25, 0.3) is 0 Å². The molecule has 3 aliphatic rings. The largest absolute Gasteiger partial charge is 0.469 e. The van der Waals surface area contributed by atoms with Crippen LogP contribution in [0.2, 0.25) is 0 Å². The zero-order chi connectivity index (χ0) is 28.8. The van der Waals surface area contributed by atoms with E-state index in [2.05, 4.69) is 36.9 Å². The fourth-order valence-electron chi connectivity index (χ4n) is 7.62. The molecule has 1 heterocycles. The molecule has 1 aromatic heterocycles. The molecule has 39 heavy (non-hydrogen) atoms. The third kappa shape index (κ3) is 5.66. The highest BCUT2D eigenvalue weighted by molar-refractivity contribution is 8.00. The fourth-order valence-corrected chi connectivity index (χ4v) is 8.66. The Morgan fingerprint density at radius 2 is 2.00 bits per heavy atom. The van der Waals surface area contributed by atoms with E-state index < -0.39 is 36.8 Å². The lowest BCUT2D eigenvalue weighted by Crippen LogP contribution is -2.63. The van der Waals surface area contributed by atoms with E-state index in [0.717, 1.165) is 19.3 Å². The van der Waals surface area contributed by atoms with E-state index in [1.165, 1.54) is 18.0 Å². The van der Waals surface area contributed by atoms with Crippen molar-refractivity contribution < 1.29 is 38.3 Å². The molecule has 0 aromatic carbocycles. The molecule has 3 aliphatic carbocycles. The van der Waals surface area contributed by atoms with Gasteiger partial charge < -0.3 is 19.6 Å². The summed E-state index contributed by atoms with van der Waals surface area (Å²) >= 11 is 1.20. The number of carbonyl (C=O) groups excluding carboxylic acids is 2. The van der Waals surface area contributed by atoms with E-state index in [0.29, 0.717) is 23.3 Å². The maximum atomic E-state index is 13.5. The lowest BCUT2D eigenvalue weighted by Gasteiger charge is -2.61. The Labute approximate surface area is 234 Å². The lowest BCUT2D eigenvalue weighted by molar-refractivity contribution is -0.205. The number of aromatic nitrogens is 1. The van der Waals surface area contributed by atoms with Gasteiger partial charge in [0, 0.05) is 40.5 Å². The third-order valence-electron chi connectivity index (χ3n) is 10.1. The second-order valence-corrected chi connectivity index (χ2v) is 14.4. The zero-order valence-electron chi connectivity index (χ0n) is 23.0. The van der Waals surface area contributed by atoms with Crippen molar-refractivity contribution in [3.05, 3.63) is 36.7 Å². The van der Waals surface area contributed by atoms with Crippen LogP contribution < -0.4 is 0 Å². The number of pyridine rings is 1. The summed E-state index contributed by atoms with van der Waals surface area (Å²) in [6, 6.07) is 1.65. The fraction of sp³-hybridized carbons (Fsp3) is 0.679. The summed E-state index contributed by atoms with van der Waals surface area (Å²) in [6.07, 6.45) is 6.84. The van der Waals surface area contributed by atoms with Gasteiger partial charge in [0.15, 0.2) is 0 Å². The van der Waals surface area contributed by atoms with Crippen LogP contribution in [0, 0.1) is 34.0 Å². The first-order valence-electron chi connectivity index (χ1n) is 13.5. The maximum Gasteiger partial charge on any atom is 0.469 e. The number of carbonyl (C=O) groups is 2. The minimum atomic E-state index is -4.62. The minimum Gasteiger partial charge on any atom is -0.461 e. The van der Waals surface area contributed by atoms with Gasteiger partial charge in [-0.15, -0.1) is 18.3 Å². The molecule has 3 fully saturated rings. The van der Waals surface area contributed by atoms with Crippen LogP contribution >= 0.6 is 19.6 Å². The molecule has 0 unspecified atom stereocenters. The summed E-state index contributed by atoms with van der Waals surface area (Å²) in [6.45, 7) is 12.0. The van der Waals surface area contributed by atoms with Gasteiger partial charge in [-0.1, -0.05) is 33.8 Å². The Morgan fingerprint density at radius 1 is 1.28 bits per heavy atom. The molecule has 3 saturated carbocycles. The van der Waals surface area contributed by atoms with E-state index in [-0.39, 0.29) is 41.3 Å². The number of phosphoric acid groups is 1. The van der Waals surface area contributed by atoms with Crippen molar-refractivity contribution in [2.45, 2.75) is 83.5 Å². The molecule has 0 amide bonds. The highest BCUT2D eigenvalue weighted by atomic mass is 32.2. The first-order chi connectivity index (χ1) is 18.2. The SMILES string of the molecule is C=C[C@]1(C)C[C@@H](OC(=O)CSc2cncc(COP(=O)(O)O)c2)[C@]2(C)[C@H](C)CC[C@]3(CCC(=O)[C@H]32)[C@@H](C)[C@@H]1O. The number of Topliss-reactive ketones (excluding diaryl/α,β-unsaturated/α-hetero) is 1. The number of esters is 1. The average Bonchev–Trinajstić information content (AvgIpc) is 3.24. The molecule has 2 bridgehead atoms. The van der Waals surface area contributed by atoms with Crippen LogP contribution in [0.1, 0.15) is 65.4 Å². The number of phosphoric ester groups is 1. The predicted molar refractivity (Wildman–Crippen MR) is 146 cm³/mol. The van der Waals surface area contributed by atoms with Gasteiger partial charge in [-0.2, -0.15) is 0 Å². The molecule has 8 atom stereocenters. The van der Waals surface area contributed by atoms with Crippen LogP contribution in [0.3, 0.4) is 0 Å². The Morgan fingerprint density at radius 3 is 2.67 bits per heavy atom. The number of thioether (sulfide) groups is 1. The molecular weight excluding hydrogens is 541 g/mol. The molecule has 0 spiro atoms. The van der Waals surface area contributed by atoms with Crippen molar-refractivity contribution >= 4 is 31.3 Å². The smallest absolute Gasteiger partial charge is 0.461 e. The molecule has 9 nitrogen and oxygen atoms in total. The number of nitrogens with zero attached hydrogens (tertiary/aromatic N) is 1. The second kappa shape index (κ2) is 11.0. The van der Waals surface area contributed by atoms with E-state index in [9.17, 15) is 19.3 Å². The number of aliphatic hydroxyl groups excluding tert-OH is 1. The molecule has 3 N–H and O–H groups in total. The summed E-state index contributed by atoms with van der Waals surface area (Å²) < 4.78 is 21.8. The van der Waals surface area contributed by atoms with Gasteiger partial charge in [-0.3, -0.25) is 19.1 Å². The maximum absolute atomic E-state index is 13.5. The number of ketones is 1. The van der Waals surface area contributed by atoms with Crippen molar-refractivity contribution in [3.8, 4) is 0 Å². The van der Waals surface area contributed by atoms with Crippen molar-refractivity contribution in [1.82, 2.24) is 4.98 Å². The molecule has 1 aromatic rings. The molecule has 0 saturated heterocycles. The summed E-state index contributed by atoms with van der Waals surface area (Å²) in [5.74, 6) is -0.473. The summed E-state index contributed by atoms with van der Waals surface area (Å²) in [5.41, 5.74) is -1.15. The van der Waals surface area contributed by atoms with Gasteiger partial charge >= 0.3 is 13.8 Å². The van der Waals surface area contributed by atoms with Gasteiger partial charge in [-0.05, 0) is 54.6 Å². The van der Waals surface area contributed by atoms with E-state index in [1.54, 1.807) is 18.3 Å². The van der Waals surface area contributed by atoms with Crippen molar-refractivity contribution in [2.75, 3.05) is 5.75 Å². The topological polar surface area (TPSA) is 143 Å². The molecule has 4 rings (SSSR count). The van der Waals surface area contributed by atoms with Crippen LogP contribution in [-0.2, 0) is 30.0 Å². The highest BCUT2D eigenvalue weighted by Gasteiger charge is 2.68. The van der Waals surface area contributed by atoms with Crippen LogP contribution in [0.25, 0.3) is 0 Å². The van der Waals surface area contributed by atoms with Crippen molar-refractivity contribution in [3.63, 3.8) is 0 Å². The van der Waals surface area contributed by atoms with E-state index in [1.807, 2.05) is 6.92 Å². The molecule has 0 aliphatic heterocycles. The first-order valence-corrected chi connectivity index (χ1v) is 16.0. The lowest BCUT2D eigenvalue weighted by atomic mass is 9.44. The second-order valence-electron chi connectivity index (χ2n) is 12.1. The Balaban J connectivity index is 1.58. The minimum absolute atomic E-state index is 0.0149. The van der Waals surface area contributed by atoms with Crippen LogP contribution in [0.15, 0.2) is 36.0 Å². The van der Waals surface area contributed by atoms with E-state index >= 15 is 0 Å². The van der Waals surface area contributed by atoms with Gasteiger partial charge in [0.05, 0.1) is 18.5 Å². The number of aliphatic hydroxyl groups is 1. The van der Waals surface area contributed by atoms with E-state index in [4.69, 9.17) is 14.5 Å². The number of hydrogen-bond donors (Lipinski definition) is 3. The van der Waals surface area contributed by atoms with Crippen molar-refractivity contribution in [2.24, 2.45) is 34.0 Å². The van der Waals surface area contributed by atoms with Gasteiger partial charge in [0.2, 0.25) is 0 Å².